The summed E-state index contributed by atoms with van der Waals surface area (Å²) in [5.41, 5.74) is 3.39. The first kappa shape index (κ1) is 15.7. The lowest BCUT2D eigenvalue weighted by Gasteiger charge is -2.06. The molecule has 1 heterocycles. The first-order valence-corrected chi connectivity index (χ1v) is 7.84. The van der Waals surface area contributed by atoms with Gasteiger partial charge in [-0.05, 0) is 49.2 Å². The van der Waals surface area contributed by atoms with Gasteiger partial charge in [-0.2, -0.15) is 0 Å². The van der Waals surface area contributed by atoms with E-state index in [1.807, 2.05) is 26.0 Å². The Bertz CT molecular complexity index is 905. The molecule has 1 amide bonds. The summed E-state index contributed by atoms with van der Waals surface area (Å²) < 4.78 is 19.7. The summed E-state index contributed by atoms with van der Waals surface area (Å²) >= 11 is 3.18. The number of hydrogen-bond acceptors (Lipinski definition) is 3. The van der Waals surface area contributed by atoms with Gasteiger partial charge in [0.1, 0.15) is 11.5 Å². The van der Waals surface area contributed by atoms with Crippen molar-refractivity contribution < 1.29 is 13.7 Å². The van der Waals surface area contributed by atoms with Crippen LogP contribution in [0.25, 0.3) is 11.0 Å². The molecule has 0 saturated heterocycles. The Morgan fingerprint density at radius 3 is 2.83 bits per heavy atom. The Labute approximate surface area is 140 Å². The van der Waals surface area contributed by atoms with Crippen molar-refractivity contribution in [2.75, 3.05) is 5.32 Å². The van der Waals surface area contributed by atoms with Crippen LogP contribution in [0, 0.1) is 19.7 Å². The molecule has 0 aliphatic rings. The highest BCUT2D eigenvalue weighted by Crippen LogP contribution is 2.25. The van der Waals surface area contributed by atoms with Gasteiger partial charge in [0, 0.05) is 9.86 Å². The van der Waals surface area contributed by atoms with Gasteiger partial charge >= 0.3 is 0 Å². The van der Waals surface area contributed by atoms with Crippen molar-refractivity contribution in [1.82, 2.24) is 5.16 Å². The van der Waals surface area contributed by atoms with Gasteiger partial charge in [0.25, 0.3) is 0 Å². The quantitative estimate of drug-likeness (QED) is 0.730. The molecule has 0 aliphatic heterocycles. The molecule has 3 rings (SSSR count). The van der Waals surface area contributed by atoms with Crippen molar-refractivity contribution in [2.24, 2.45) is 0 Å². The molecule has 0 radical (unpaired) electrons. The van der Waals surface area contributed by atoms with Crippen molar-refractivity contribution in [3.8, 4) is 0 Å². The molecule has 0 fully saturated rings. The molecule has 0 atom stereocenters. The zero-order valence-corrected chi connectivity index (χ0v) is 14.2. The van der Waals surface area contributed by atoms with Crippen LogP contribution >= 0.6 is 15.9 Å². The summed E-state index contributed by atoms with van der Waals surface area (Å²) in [7, 11) is 0. The molecule has 0 saturated carbocycles. The van der Waals surface area contributed by atoms with E-state index in [1.54, 1.807) is 6.07 Å². The van der Waals surface area contributed by atoms with Crippen molar-refractivity contribution in [3.63, 3.8) is 0 Å². The highest BCUT2D eigenvalue weighted by atomic mass is 79.9. The fourth-order valence-electron chi connectivity index (χ4n) is 2.50. The van der Waals surface area contributed by atoms with E-state index in [9.17, 15) is 9.18 Å². The SMILES string of the molecule is Cc1cc(C)c2onc(CC(=O)Nc3ccc(Br)cc3F)c2c1. The number of aromatic nitrogens is 1. The molecule has 0 aliphatic carbocycles. The number of amides is 1. The average molecular weight is 377 g/mol. The number of fused-ring (bicyclic) bond motifs is 1. The first-order chi connectivity index (χ1) is 10.9. The zero-order valence-electron chi connectivity index (χ0n) is 12.6. The van der Waals surface area contributed by atoms with Crippen molar-refractivity contribution in [1.29, 1.82) is 0 Å². The fraction of sp³-hybridized carbons (Fsp3) is 0.176. The van der Waals surface area contributed by atoms with Gasteiger partial charge in [0.05, 0.1) is 12.1 Å². The van der Waals surface area contributed by atoms with Gasteiger partial charge in [-0.1, -0.05) is 27.2 Å². The molecule has 3 aromatic rings. The number of rotatable bonds is 3. The van der Waals surface area contributed by atoms with Gasteiger partial charge < -0.3 is 9.84 Å². The van der Waals surface area contributed by atoms with Gasteiger partial charge in [0.15, 0.2) is 5.58 Å². The van der Waals surface area contributed by atoms with Crippen LogP contribution in [0.2, 0.25) is 0 Å². The van der Waals surface area contributed by atoms with Crippen LogP contribution in [0.5, 0.6) is 0 Å². The van der Waals surface area contributed by atoms with Crippen LogP contribution < -0.4 is 5.32 Å². The van der Waals surface area contributed by atoms with Crippen molar-refractivity contribution in [3.05, 3.63) is 57.4 Å². The topological polar surface area (TPSA) is 55.1 Å². The number of hydrogen-bond donors (Lipinski definition) is 1. The number of carbonyl (C=O) groups is 1. The third-order valence-corrected chi connectivity index (χ3v) is 4.00. The average Bonchev–Trinajstić information content (AvgIpc) is 2.85. The number of benzene rings is 2. The van der Waals surface area contributed by atoms with Gasteiger partial charge in [-0.15, -0.1) is 0 Å². The molecule has 0 spiro atoms. The number of carbonyl (C=O) groups excluding carboxylic acids is 1. The second kappa shape index (κ2) is 6.12. The monoisotopic (exact) mass is 376 g/mol. The maximum Gasteiger partial charge on any atom is 0.230 e. The van der Waals surface area contributed by atoms with Crippen molar-refractivity contribution >= 4 is 38.5 Å². The van der Waals surface area contributed by atoms with Gasteiger partial charge in [0.2, 0.25) is 5.91 Å². The van der Waals surface area contributed by atoms with Gasteiger partial charge in [-0.25, -0.2) is 4.39 Å². The van der Waals surface area contributed by atoms with E-state index in [2.05, 4.69) is 26.4 Å². The summed E-state index contributed by atoms with van der Waals surface area (Å²) in [5.74, 6) is -0.843. The smallest absolute Gasteiger partial charge is 0.230 e. The predicted molar refractivity (Wildman–Crippen MR) is 89.9 cm³/mol. The second-order valence-corrected chi connectivity index (χ2v) is 6.35. The molecule has 118 valence electrons. The lowest BCUT2D eigenvalue weighted by Crippen LogP contribution is -2.15. The third-order valence-electron chi connectivity index (χ3n) is 3.51. The number of aryl methyl sites for hydroxylation is 2. The summed E-state index contributed by atoms with van der Waals surface area (Å²) in [5, 5.41) is 7.35. The molecule has 4 nitrogen and oxygen atoms in total. The minimum Gasteiger partial charge on any atom is -0.356 e. The predicted octanol–water partition coefficient (Wildman–Crippen LogP) is 4.53. The van der Waals surface area contributed by atoms with E-state index in [4.69, 9.17) is 4.52 Å². The van der Waals surface area contributed by atoms with Crippen LogP contribution in [-0.4, -0.2) is 11.1 Å². The first-order valence-electron chi connectivity index (χ1n) is 7.04. The van der Waals surface area contributed by atoms with E-state index in [1.165, 1.54) is 12.1 Å². The molecular formula is C17H14BrFN2O2. The molecule has 0 unspecified atom stereocenters. The molecule has 1 N–H and O–H groups in total. The Kier molecular flexibility index (Phi) is 4.17. The highest BCUT2D eigenvalue weighted by Gasteiger charge is 2.15. The Morgan fingerprint density at radius 2 is 2.09 bits per heavy atom. The summed E-state index contributed by atoms with van der Waals surface area (Å²) in [4.78, 5) is 12.2. The van der Waals surface area contributed by atoms with Crippen LogP contribution in [0.3, 0.4) is 0 Å². The Balaban J connectivity index is 1.83. The molecule has 0 bridgehead atoms. The van der Waals surface area contributed by atoms with Crippen molar-refractivity contribution in [2.45, 2.75) is 20.3 Å². The second-order valence-electron chi connectivity index (χ2n) is 5.44. The van der Waals surface area contributed by atoms with Crippen LogP contribution in [0.15, 0.2) is 39.3 Å². The number of halogens is 2. The normalized spacial score (nSPS) is 11.0. The highest BCUT2D eigenvalue weighted by molar-refractivity contribution is 9.10. The Hall–Kier alpha value is -2.21. The molecule has 2 aromatic carbocycles. The van der Waals surface area contributed by atoms with E-state index >= 15 is 0 Å². The largest absolute Gasteiger partial charge is 0.356 e. The van der Waals surface area contributed by atoms with E-state index in [0.29, 0.717) is 15.7 Å². The molecule has 1 aromatic heterocycles. The minimum atomic E-state index is -0.496. The Morgan fingerprint density at radius 1 is 1.30 bits per heavy atom. The van der Waals surface area contributed by atoms with E-state index < -0.39 is 5.82 Å². The summed E-state index contributed by atoms with van der Waals surface area (Å²) in [6, 6.07) is 8.40. The van der Waals surface area contributed by atoms with Crippen LogP contribution in [0.1, 0.15) is 16.8 Å². The number of anilines is 1. The van der Waals surface area contributed by atoms with E-state index in [-0.39, 0.29) is 18.0 Å². The van der Waals surface area contributed by atoms with Gasteiger partial charge in [-0.3, -0.25) is 4.79 Å². The maximum atomic E-state index is 13.8. The lowest BCUT2D eigenvalue weighted by atomic mass is 10.1. The molecule has 23 heavy (non-hydrogen) atoms. The zero-order chi connectivity index (χ0) is 16.6. The summed E-state index contributed by atoms with van der Waals surface area (Å²) in [6.45, 7) is 3.90. The van der Waals surface area contributed by atoms with Crippen LogP contribution in [-0.2, 0) is 11.2 Å². The molecular weight excluding hydrogens is 363 g/mol. The maximum absolute atomic E-state index is 13.8. The fourth-order valence-corrected chi connectivity index (χ4v) is 2.84. The number of nitrogens with zero attached hydrogens (tertiary/aromatic N) is 1. The number of nitrogens with one attached hydrogen (secondary N) is 1. The lowest BCUT2D eigenvalue weighted by molar-refractivity contribution is -0.115. The summed E-state index contributed by atoms with van der Waals surface area (Å²) in [6.07, 6.45) is 0.0192. The third kappa shape index (κ3) is 3.27. The van der Waals surface area contributed by atoms with Crippen LogP contribution in [0.4, 0.5) is 10.1 Å². The molecule has 6 heteroatoms. The standard InChI is InChI=1S/C17H14BrFN2O2/c1-9-5-10(2)17-12(6-9)15(21-23-17)8-16(22)20-14-4-3-11(18)7-13(14)19/h3-7H,8H2,1-2H3,(H,20,22). The minimum absolute atomic E-state index is 0.0192. The van der Waals surface area contributed by atoms with E-state index in [0.717, 1.165) is 16.5 Å².